The van der Waals surface area contributed by atoms with Crippen LogP contribution in [0.15, 0.2) is 243 Å². The monoisotopic (exact) mass is 857 g/mol. The third kappa shape index (κ3) is 8.53. The van der Waals surface area contributed by atoms with Gasteiger partial charge in [-0.2, -0.15) is 0 Å². The minimum atomic E-state index is 0.445. The van der Waals surface area contributed by atoms with E-state index in [1.54, 1.807) is 0 Å². The smallest absolute Gasteiger partial charge is 0.164 e. The fraction of sp³-hybridized carbons (Fsp3) is 0. The van der Waals surface area contributed by atoms with Crippen molar-refractivity contribution in [3.63, 3.8) is 0 Å². The number of hydrogen-bond donors (Lipinski definition) is 2. The van der Waals surface area contributed by atoms with E-state index in [9.17, 15) is 5.41 Å². The first kappa shape index (κ1) is 40.7. The Labute approximate surface area is 390 Å². The van der Waals surface area contributed by atoms with Gasteiger partial charge in [0.25, 0.3) is 0 Å². The predicted molar refractivity (Wildman–Crippen MR) is 276 cm³/mol. The van der Waals surface area contributed by atoms with E-state index in [1.807, 2.05) is 97.1 Å². The molecule has 0 amide bonds. The first-order chi connectivity index (χ1) is 33.1. The zero-order chi connectivity index (χ0) is 44.9. The third-order valence-electron chi connectivity index (χ3n) is 12.1. The zero-order valence-corrected chi connectivity index (χ0v) is 36.5. The molecule has 11 rings (SSSR count). The van der Waals surface area contributed by atoms with Gasteiger partial charge in [-0.05, 0) is 86.5 Å². The quantitative estimate of drug-likeness (QED) is 0.134. The molecule has 316 valence electrons. The zero-order valence-electron chi connectivity index (χ0n) is 36.5. The standard InChI is InChI=1S/C62H43N5/c63-58(46-28-15-5-16-29-46)57(45-26-13-4-14-27-45)59-55-35-34-49(37-53(55)41-56(64-59)44-24-11-3-12-25-44)48-32-19-33-50(36-48)61-65-60(47-30-17-6-18-31-47)66-62(67-61)54-39-51(42-20-7-1-8-21-42)38-52(40-54)43-22-9-2-10-23-43/h1-41,63-64H/b59-57-,63-58?. The van der Waals surface area contributed by atoms with Gasteiger partial charge in [0.05, 0.1) is 11.4 Å². The summed E-state index contributed by atoms with van der Waals surface area (Å²) in [4.78, 5) is 15.5. The summed E-state index contributed by atoms with van der Waals surface area (Å²) in [5, 5.41) is 13.5. The molecule has 0 atom stereocenters. The van der Waals surface area contributed by atoms with Gasteiger partial charge in [0.2, 0.25) is 0 Å². The van der Waals surface area contributed by atoms with E-state index in [2.05, 4.69) is 157 Å². The van der Waals surface area contributed by atoms with Gasteiger partial charge in [-0.1, -0.05) is 212 Å². The molecule has 0 spiro atoms. The van der Waals surface area contributed by atoms with Crippen molar-refractivity contribution in [1.82, 2.24) is 20.3 Å². The van der Waals surface area contributed by atoms with E-state index >= 15 is 0 Å². The SMILES string of the molecule is N=C(/C(=C1\NC(c2ccccc2)=Cc2cc(-c3cccc(-c4nc(-c5ccccc5)nc(-c5cc(-c6ccccc6)cc(-c6ccccc6)c5)n4)c3)ccc21)c1ccccc1)c1ccccc1. The van der Waals surface area contributed by atoms with Gasteiger partial charge < -0.3 is 5.32 Å². The van der Waals surface area contributed by atoms with Crippen molar-refractivity contribution in [2.45, 2.75) is 0 Å². The van der Waals surface area contributed by atoms with E-state index < -0.39 is 0 Å². The van der Waals surface area contributed by atoms with Crippen LogP contribution >= 0.6 is 0 Å². The lowest BCUT2D eigenvalue weighted by atomic mass is 9.87. The summed E-state index contributed by atoms with van der Waals surface area (Å²) >= 11 is 0. The molecule has 1 aromatic heterocycles. The Morgan fingerprint density at radius 3 is 1.33 bits per heavy atom. The molecular formula is C62H43N5. The summed E-state index contributed by atoms with van der Waals surface area (Å²) in [6.45, 7) is 0. The molecule has 2 N–H and O–H groups in total. The largest absolute Gasteiger partial charge is 0.354 e. The Morgan fingerprint density at radius 1 is 0.328 bits per heavy atom. The second-order valence-electron chi connectivity index (χ2n) is 16.5. The van der Waals surface area contributed by atoms with Gasteiger partial charge in [-0.25, -0.2) is 15.0 Å². The number of hydrogen-bond acceptors (Lipinski definition) is 5. The Kier molecular flexibility index (Phi) is 11.1. The number of nitrogens with one attached hydrogen (secondary N) is 2. The minimum absolute atomic E-state index is 0.445. The molecule has 0 bridgehead atoms. The molecule has 0 radical (unpaired) electrons. The van der Waals surface area contributed by atoms with Crippen LogP contribution in [0, 0.1) is 5.41 Å². The Bertz CT molecular complexity index is 3400. The summed E-state index contributed by atoms with van der Waals surface area (Å²) in [7, 11) is 0. The lowest BCUT2D eigenvalue weighted by molar-refractivity contribution is 1.07. The lowest BCUT2D eigenvalue weighted by Crippen LogP contribution is -2.20. The van der Waals surface area contributed by atoms with Crippen LogP contribution in [0.5, 0.6) is 0 Å². The molecule has 5 heteroatoms. The van der Waals surface area contributed by atoms with Crippen LogP contribution in [0.3, 0.4) is 0 Å². The average Bonchev–Trinajstić information content (AvgIpc) is 3.42. The van der Waals surface area contributed by atoms with Crippen LogP contribution in [-0.2, 0) is 0 Å². The Hall–Kier alpha value is -9.06. The molecular weight excluding hydrogens is 815 g/mol. The molecule has 0 saturated carbocycles. The molecule has 5 nitrogen and oxygen atoms in total. The summed E-state index contributed by atoms with van der Waals surface area (Å²) < 4.78 is 0. The van der Waals surface area contributed by atoms with Crippen LogP contribution in [0.4, 0.5) is 0 Å². The van der Waals surface area contributed by atoms with E-state index in [0.29, 0.717) is 23.2 Å². The first-order valence-electron chi connectivity index (χ1n) is 22.4. The molecule has 0 aliphatic carbocycles. The molecule has 0 unspecified atom stereocenters. The van der Waals surface area contributed by atoms with Crippen molar-refractivity contribution in [3.05, 3.63) is 270 Å². The van der Waals surface area contributed by atoms with Crippen molar-refractivity contribution in [2.75, 3.05) is 0 Å². The molecule has 10 aromatic rings. The number of rotatable bonds is 10. The van der Waals surface area contributed by atoms with Crippen LogP contribution in [0.1, 0.15) is 27.8 Å². The van der Waals surface area contributed by atoms with Gasteiger partial charge in [0.1, 0.15) is 0 Å². The number of benzene rings is 9. The van der Waals surface area contributed by atoms with Crippen molar-refractivity contribution < 1.29 is 0 Å². The maximum atomic E-state index is 9.66. The van der Waals surface area contributed by atoms with Gasteiger partial charge in [0, 0.05) is 39.1 Å². The number of nitrogens with zero attached hydrogens (tertiary/aromatic N) is 3. The minimum Gasteiger partial charge on any atom is -0.354 e. The molecule has 1 aliphatic heterocycles. The van der Waals surface area contributed by atoms with E-state index in [0.717, 1.165) is 94.9 Å². The predicted octanol–water partition coefficient (Wildman–Crippen LogP) is 14.9. The third-order valence-corrected chi connectivity index (χ3v) is 12.1. The number of aromatic nitrogens is 3. The molecule has 1 aliphatic rings. The van der Waals surface area contributed by atoms with Crippen LogP contribution in [0.25, 0.3) is 90.6 Å². The lowest BCUT2D eigenvalue weighted by Gasteiger charge is -2.26. The van der Waals surface area contributed by atoms with E-state index in [4.69, 9.17) is 15.0 Å². The highest BCUT2D eigenvalue weighted by atomic mass is 15.0. The molecule has 9 aromatic carbocycles. The second-order valence-corrected chi connectivity index (χ2v) is 16.5. The van der Waals surface area contributed by atoms with Crippen molar-refractivity contribution in [1.29, 1.82) is 5.41 Å². The van der Waals surface area contributed by atoms with Gasteiger partial charge in [-0.3, -0.25) is 5.41 Å². The topological polar surface area (TPSA) is 74.6 Å². The Morgan fingerprint density at radius 2 is 0.746 bits per heavy atom. The highest BCUT2D eigenvalue weighted by Crippen LogP contribution is 2.39. The molecule has 0 saturated heterocycles. The van der Waals surface area contributed by atoms with E-state index in [1.165, 1.54) is 0 Å². The van der Waals surface area contributed by atoms with E-state index in [-0.39, 0.29) is 0 Å². The summed E-state index contributed by atoms with van der Waals surface area (Å²) in [6.07, 6.45) is 2.22. The van der Waals surface area contributed by atoms with Crippen molar-refractivity contribution >= 4 is 28.8 Å². The first-order valence-corrected chi connectivity index (χ1v) is 22.4. The highest BCUT2D eigenvalue weighted by Gasteiger charge is 2.24. The van der Waals surface area contributed by atoms with Crippen LogP contribution in [-0.4, -0.2) is 20.7 Å². The van der Waals surface area contributed by atoms with Gasteiger partial charge in [0.15, 0.2) is 17.5 Å². The fourth-order valence-electron chi connectivity index (χ4n) is 8.76. The summed E-state index contributed by atoms with van der Waals surface area (Å²) in [5.41, 5.74) is 17.2. The van der Waals surface area contributed by atoms with Gasteiger partial charge >= 0.3 is 0 Å². The normalized spacial score (nSPS) is 12.6. The van der Waals surface area contributed by atoms with Crippen LogP contribution in [0.2, 0.25) is 0 Å². The maximum absolute atomic E-state index is 9.66. The molecule has 0 fully saturated rings. The maximum Gasteiger partial charge on any atom is 0.164 e. The average molecular weight is 858 g/mol. The fourth-order valence-corrected chi connectivity index (χ4v) is 8.76. The summed E-state index contributed by atoms with van der Waals surface area (Å²) in [5.74, 6) is 1.79. The second kappa shape index (κ2) is 18.2. The molecule has 67 heavy (non-hydrogen) atoms. The number of fused-ring (bicyclic) bond motifs is 1. The molecule has 2 heterocycles. The van der Waals surface area contributed by atoms with Crippen molar-refractivity contribution in [3.8, 4) is 67.5 Å². The summed E-state index contributed by atoms with van der Waals surface area (Å²) in [6, 6.07) is 83.3. The van der Waals surface area contributed by atoms with Gasteiger partial charge in [-0.15, -0.1) is 0 Å². The van der Waals surface area contributed by atoms with Crippen molar-refractivity contribution in [2.24, 2.45) is 0 Å². The number of allylic oxidation sites excluding steroid dienone is 1. The Balaban J connectivity index is 1.05. The van der Waals surface area contributed by atoms with Crippen LogP contribution < -0.4 is 5.32 Å². The highest BCUT2D eigenvalue weighted by molar-refractivity contribution is 6.36.